The van der Waals surface area contributed by atoms with Gasteiger partial charge in [-0.3, -0.25) is 4.79 Å². The van der Waals surface area contributed by atoms with Gasteiger partial charge >= 0.3 is 5.97 Å². The number of rotatable bonds is 2. The molecule has 0 saturated carbocycles. The quantitative estimate of drug-likeness (QED) is 0.815. The number of H-pyrrole nitrogens is 1. The fourth-order valence-corrected chi connectivity index (χ4v) is 1.75. The first-order chi connectivity index (χ1) is 9.02. The number of benzene rings is 1. The second-order valence-corrected chi connectivity index (χ2v) is 4.05. The van der Waals surface area contributed by atoms with Gasteiger partial charge in [-0.15, -0.1) is 0 Å². The minimum atomic E-state index is -0.843. The monoisotopic (exact) mass is 280 g/mol. The molecule has 0 aliphatic carbocycles. The first-order valence-corrected chi connectivity index (χ1v) is 5.58. The van der Waals surface area contributed by atoms with Crippen LogP contribution in [0.5, 0.6) is 5.88 Å². The molecule has 0 spiro atoms. The highest BCUT2D eigenvalue weighted by Gasteiger charge is 2.17. The van der Waals surface area contributed by atoms with Crippen molar-refractivity contribution < 1.29 is 14.6 Å². The van der Waals surface area contributed by atoms with E-state index < -0.39 is 17.4 Å². The number of aromatic nitrogens is 2. The van der Waals surface area contributed by atoms with Crippen molar-refractivity contribution in [2.75, 3.05) is 7.11 Å². The fraction of sp³-hybridized carbons (Fsp3) is 0.0833. The van der Waals surface area contributed by atoms with Gasteiger partial charge in [0.05, 0.1) is 7.11 Å². The molecule has 2 aromatic rings. The highest BCUT2D eigenvalue weighted by atomic mass is 35.5. The van der Waals surface area contributed by atoms with Crippen LogP contribution in [0.3, 0.4) is 0 Å². The van der Waals surface area contributed by atoms with E-state index in [9.17, 15) is 14.7 Å². The average molecular weight is 281 g/mol. The Bertz CT molecular complexity index is 696. The van der Waals surface area contributed by atoms with Crippen molar-refractivity contribution in [1.82, 2.24) is 9.97 Å². The topological polar surface area (TPSA) is 92.3 Å². The van der Waals surface area contributed by atoms with Crippen molar-refractivity contribution >= 4 is 17.6 Å². The van der Waals surface area contributed by atoms with Crippen LogP contribution >= 0.6 is 11.6 Å². The van der Waals surface area contributed by atoms with Crippen LogP contribution in [0.15, 0.2) is 29.1 Å². The molecule has 7 heteroatoms. The molecule has 0 fully saturated rings. The average Bonchev–Trinajstić information content (AvgIpc) is 2.37. The largest absolute Gasteiger partial charge is 0.493 e. The summed E-state index contributed by atoms with van der Waals surface area (Å²) < 4.78 is 4.41. The summed E-state index contributed by atoms with van der Waals surface area (Å²) in [5.41, 5.74) is -0.319. The maximum Gasteiger partial charge on any atom is 0.374 e. The summed E-state index contributed by atoms with van der Waals surface area (Å²) in [5.74, 6) is -1.77. The van der Waals surface area contributed by atoms with Gasteiger partial charge in [-0.2, -0.15) is 4.98 Å². The van der Waals surface area contributed by atoms with Crippen molar-refractivity contribution in [2.24, 2.45) is 0 Å². The molecule has 0 aliphatic heterocycles. The second kappa shape index (κ2) is 5.11. The van der Waals surface area contributed by atoms with Gasteiger partial charge in [0.25, 0.3) is 5.56 Å². The number of esters is 1. The van der Waals surface area contributed by atoms with Crippen LogP contribution in [0.4, 0.5) is 0 Å². The van der Waals surface area contributed by atoms with E-state index in [1.165, 1.54) is 6.07 Å². The molecule has 0 atom stereocenters. The zero-order valence-electron chi connectivity index (χ0n) is 9.81. The van der Waals surface area contributed by atoms with Crippen molar-refractivity contribution in [3.05, 3.63) is 45.5 Å². The lowest BCUT2D eigenvalue weighted by Crippen LogP contribution is -2.18. The summed E-state index contributed by atoms with van der Waals surface area (Å²) in [6.07, 6.45) is 0. The number of methoxy groups -OCH3 is 1. The third kappa shape index (κ3) is 2.58. The molecule has 0 unspecified atom stereocenters. The van der Waals surface area contributed by atoms with E-state index in [1.54, 1.807) is 18.2 Å². The maximum absolute atomic E-state index is 11.9. The van der Waals surface area contributed by atoms with Gasteiger partial charge in [-0.25, -0.2) is 4.79 Å². The summed E-state index contributed by atoms with van der Waals surface area (Å²) in [6.45, 7) is 0. The molecule has 19 heavy (non-hydrogen) atoms. The van der Waals surface area contributed by atoms with E-state index in [4.69, 9.17) is 11.6 Å². The summed E-state index contributed by atoms with van der Waals surface area (Å²) >= 11 is 5.82. The van der Waals surface area contributed by atoms with E-state index in [2.05, 4.69) is 14.7 Å². The van der Waals surface area contributed by atoms with E-state index in [-0.39, 0.29) is 11.4 Å². The van der Waals surface area contributed by atoms with Crippen LogP contribution < -0.4 is 5.56 Å². The molecular weight excluding hydrogens is 272 g/mol. The first kappa shape index (κ1) is 13.1. The van der Waals surface area contributed by atoms with Crippen molar-refractivity contribution in [1.29, 1.82) is 0 Å². The second-order valence-electron chi connectivity index (χ2n) is 3.62. The number of carbonyl (C=O) groups is 1. The predicted octanol–water partition coefficient (Wildman–Crippen LogP) is 1.58. The lowest BCUT2D eigenvalue weighted by Gasteiger charge is -2.05. The number of nitrogens with zero attached hydrogens (tertiary/aromatic N) is 1. The Balaban J connectivity index is 2.60. The van der Waals surface area contributed by atoms with Crippen molar-refractivity contribution in [2.45, 2.75) is 0 Å². The van der Waals surface area contributed by atoms with Crippen LogP contribution in [0.25, 0.3) is 11.1 Å². The van der Waals surface area contributed by atoms with Gasteiger partial charge in [-0.05, 0) is 17.7 Å². The van der Waals surface area contributed by atoms with Crippen LogP contribution in [-0.4, -0.2) is 28.2 Å². The highest BCUT2D eigenvalue weighted by molar-refractivity contribution is 6.30. The third-order valence-electron chi connectivity index (χ3n) is 2.39. The Morgan fingerprint density at radius 3 is 2.79 bits per heavy atom. The van der Waals surface area contributed by atoms with Gasteiger partial charge in [0.15, 0.2) is 0 Å². The zero-order chi connectivity index (χ0) is 14.0. The summed E-state index contributed by atoms with van der Waals surface area (Å²) in [7, 11) is 1.14. The molecule has 0 saturated heterocycles. The normalized spacial score (nSPS) is 10.2. The molecule has 1 aromatic heterocycles. The molecule has 0 radical (unpaired) electrons. The van der Waals surface area contributed by atoms with Crippen LogP contribution in [0.2, 0.25) is 5.02 Å². The first-order valence-electron chi connectivity index (χ1n) is 5.20. The minimum absolute atomic E-state index is 0.0600. The van der Waals surface area contributed by atoms with Gasteiger partial charge < -0.3 is 14.8 Å². The predicted molar refractivity (Wildman–Crippen MR) is 68.3 cm³/mol. The number of hydrogen-bond acceptors (Lipinski definition) is 5. The number of halogens is 1. The van der Waals surface area contributed by atoms with Crippen molar-refractivity contribution in [3.63, 3.8) is 0 Å². The van der Waals surface area contributed by atoms with Crippen molar-refractivity contribution in [3.8, 4) is 17.0 Å². The molecule has 0 bridgehead atoms. The molecule has 1 aromatic carbocycles. The maximum atomic E-state index is 11.9. The number of carbonyl (C=O) groups excluding carboxylic acids is 1. The zero-order valence-corrected chi connectivity index (χ0v) is 10.6. The Morgan fingerprint density at radius 2 is 2.21 bits per heavy atom. The number of hydrogen-bond donors (Lipinski definition) is 2. The molecule has 2 N–H and O–H groups in total. The summed E-state index contributed by atoms with van der Waals surface area (Å²) in [4.78, 5) is 29.0. The third-order valence-corrected chi connectivity index (χ3v) is 2.63. The number of aromatic amines is 1. The van der Waals surface area contributed by atoms with E-state index >= 15 is 0 Å². The Kier molecular flexibility index (Phi) is 3.52. The van der Waals surface area contributed by atoms with Gasteiger partial charge in [0.2, 0.25) is 11.7 Å². The van der Waals surface area contributed by atoms with E-state index in [0.717, 1.165) is 7.11 Å². The van der Waals surface area contributed by atoms with Gasteiger partial charge in [-0.1, -0.05) is 23.7 Å². The Labute approximate surface area is 112 Å². The summed E-state index contributed by atoms with van der Waals surface area (Å²) in [5, 5.41) is 10.2. The minimum Gasteiger partial charge on any atom is -0.493 e. The summed E-state index contributed by atoms with van der Waals surface area (Å²) in [6, 6.07) is 6.36. The lowest BCUT2D eigenvalue weighted by atomic mass is 10.1. The number of ether oxygens (including phenoxy) is 1. The smallest absolute Gasteiger partial charge is 0.374 e. The molecule has 2 rings (SSSR count). The van der Waals surface area contributed by atoms with E-state index in [0.29, 0.717) is 10.6 Å². The number of aromatic hydroxyl groups is 1. The molecule has 98 valence electrons. The standard InChI is InChI=1S/C12H9ClN2O4/c1-19-12(18)9-14-10(16)8(11(17)15-9)6-3-2-4-7(13)5-6/h2-5H,1H3,(H2,14,15,16,17). The molecule has 0 amide bonds. The molecule has 0 aliphatic rings. The van der Waals surface area contributed by atoms with Gasteiger partial charge in [0.1, 0.15) is 5.56 Å². The van der Waals surface area contributed by atoms with Gasteiger partial charge in [0, 0.05) is 5.02 Å². The van der Waals surface area contributed by atoms with E-state index in [1.807, 2.05) is 0 Å². The van der Waals surface area contributed by atoms with Crippen LogP contribution in [0, 0.1) is 0 Å². The molecule has 6 nitrogen and oxygen atoms in total. The fourth-order valence-electron chi connectivity index (χ4n) is 1.56. The van der Waals surface area contributed by atoms with Crippen LogP contribution in [0.1, 0.15) is 10.6 Å². The highest BCUT2D eigenvalue weighted by Crippen LogP contribution is 2.25. The lowest BCUT2D eigenvalue weighted by molar-refractivity contribution is 0.0585. The Hall–Kier alpha value is -2.34. The van der Waals surface area contributed by atoms with Crippen LogP contribution in [-0.2, 0) is 4.74 Å². The SMILES string of the molecule is COC(=O)c1nc(O)c(-c2cccc(Cl)c2)c(=O)[nH]1. The Morgan fingerprint density at radius 1 is 1.47 bits per heavy atom. The number of nitrogens with one attached hydrogen (secondary N) is 1. The molecule has 1 heterocycles. The molecular formula is C12H9ClN2O4.